The summed E-state index contributed by atoms with van der Waals surface area (Å²) in [5.74, 6) is -4.79. The van der Waals surface area contributed by atoms with Gasteiger partial charge in [0.15, 0.2) is 0 Å². The van der Waals surface area contributed by atoms with E-state index in [-0.39, 0.29) is 11.4 Å². The molecular weight excluding hydrogens is 689 g/mol. The van der Waals surface area contributed by atoms with Crippen LogP contribution in [-0.2, 0) is 4.65 Å². The first kappa shape index (κ1) is 37.5. The van der Waals surface area contributed by atoms with E-state index in [1.165, 1.54) is 7.11 Å². The second-order valence-corrected chi connectivity index (χ2v) is 13.3. The average Bonchev–Trinajstić information content (AvgIpc) is 3.69. The van der Waals surface area contributed by atoms with Gasteiger partial charge in [0.2, 0.25) is 0 Å². The third-order valence-electron chi connectivity index (χ3n) is 9.24. The number of methoxy groups -OCH3 is 1. The van der Waals surface area contributed by atoms with Gasteiger partial charge < -0.3 is 13.9 Å². The fourth-order valence-electron chi connectivity index (χ4n) is 6.43. The molecule has 1 aromatic heterocycles. The van der Waals surface area contributed by atoms with Crippen molar-refractivity contribution >= 4 is 24.7 Å². The van der Waals surface area contributed by atoms with Gasteiger partial charge in [0.25, 0.3) is 0 Å². The summed E-state index contributed by atoms with van der Waals surface area (Å²) in [5, 5.41) is 0. The molecule has 11 heteroatoms. The molecule has 0 N–H and O–H groups in total. The third-order valence-corrected chi connectivity index (χ3v) is 9.24. The number of halogens is 6. The van der Waals surface area contributed by atoms with Crippen LogP contribution in [0.3, 0.4) is 0 Å². The van der Waals surface area contributed by atoms with Crippen LogP contribution in [0.15, 0.2) is 108 Å². The largest absolute Gasteiger partial charge is 0.638 e. The minimum Gasteiger partial charge on any atom is -0.497 e. The van der Waals surface area contributed by atoms with Crippen LogP contribution in [0.2, 0.25) is 0 Å². The van der Waals surface area contributed by atoms with Gasteiger partial charge in [-0.05, 0) is 105 Å². The Kier molecular flexibility index (Phi) is 10.3. The van der Waals surface area contributed by atoms with Gasteiger partial charge in [0.05, 0.1) is 18.5 Å². The van der Waals surface area contributed by atoms with Crippen molar-refractivity contribution in [2.75, 3.05) is 13.7 Å². The maximum Gasteiger partial charge on any atom is 0.638 e. The summed E-state index contributed by atoms with van der Waals surface area (Å²) >= 11 is 0. The van der Waals surface area contributed by atoms with Gasteiger partial charge in [-0.3, -0.25) is 4.32 Å². The van der Waals surface area contributed by atoms with Crippen molar-refractivity contribution in [2.45, 2.75) is 46.7 Å². The number of allylic oxidation sites excluding steroid dienone is 2. The summed E-state index contributed by atoms with van der Waals surface area (Å²) in [5.41, 5.74) is 10.4. The lowest BCUT2D eigenvalue weighted by molar-refractivity contribution is -0.290. The van der Waals surface area contributed by atoms with Gasteiger partial charge in [-0.2, -0.15) is 22.0 Å². The van der Waals surface area contributed by atoms with Crippen molar-refractivity contribution in [3.05, 3.63) is 147 Å². The summed E-state index contributed by atoms with van der Waals surface area (Å²) in [6.45, 7) is 7.53. The van der Waals surface area contributed by atoms with E-state index < -0.39 is 26.0 Å². The standard InChI is InChI=1S/C42H37BF6N2O2/c1-25-7-11-30(12-8-25)37-21-35(33-17-9-26(2)19-28(33)4)38(50-37)23-40-36(34-18-10-27(3)20-29(34)5)22-39(31-13-15-32(52-6)16-14-31)51(40)43(49)53-24-41(44,45)42(46,47)48/h7-23H,24H2,1-6H3/b38-23-. The molecule has 5 aromatic rings. The fraction of sp³-hybridized carbons (Fsp3) is 0.214. The highest BCUT2D eigenvalue weighted by atomic mass is 19.4. The molecule has 0 radical (unpaired) electrons. The Labute approximate surface area is 305 Å². The summed E-state index contributed by atoms with van der Waals surface area (Å²) in [6.07, 6.45) is -2.35. The van der Waals surface area contributed by atoms with Crippen LogP contribution in [0.1, 0.15) is 44.6 Å². The van der Waals surface area contributed by atoms with Crippen molar-refractivity contribution in [1.82, 2.24) is 4.48 Å². The van der Waals surface area contributed by atoms with Crippen molar-refractivity contribution in [1.29, 1.82) is 0 Å². The molecule has 0 saturated carbocycles. The minimum atomic E-state index is -5.94. The van der Waals surface area contributed by atoms with E-state index >= 15 is 4.32 Å². The minimum absolute atomic E-state index is 0.158. The highest BCUT2D eigenvalue weighted by Crippen LogP contribution is 2.41. The van der Waals surface area contributed by atoms with Crippen LogP contribution in [0.25, 0.3) is 34.0 Å². The summed E-state index contributed by atoms with van der Waals surface area (Å²) in [7, 11) is -1.28. The van der Waals surface area contributed by atoms with Gasteiger partial charge >= 0.3 is 19.4 Å². The van der Waals surface area contributed by atoms with Crippen LogP contribution < -0.4 is 4.74 Å². The molecule has 1 aliphatic heterocycles. The van der Waals surface area contributed by atoms with Crippen LogP contribution in [0.5, 0.6) is 5.75 Å². The Bertz CT molecular complexity index is 2250. The molecule has 0 saturated heterocycles. The Balaban J connectivity index is 1.64. The number of ether oxygens (including phenoxy) is 1. The lowest BCUT2D eigenvalue weighted by Gasteiger charge is -2.21. The van der Waals surface area contributed by atoms with Crippen LogP contribution in [0.4, 0.5) is 26.3 Å². The second kappa shape index (κ2) is 14.6. The van der Waals surface area contributed by atoms with Gasteiger partial charge in [-0.15, -0.1) is 0 Å². The van der Waals surface area contributed by atoms with Crippen LogP contribution >= 0.6 is 0 Å². The maximum atomic E-state index is 16.6. The normalized spacial score (nSPS) is 14.1. The van der Waals surface area contributed by atoms with E-state index in [0.717, 1.165) is 49.0 Å². The summed E-state index contributed by atoms with van der Waals surface area (Å²) in [4.78, 5) is 5.02. The van der Waals surface area contributed by atoms with Crippen molar-refractivity contribution in [2.24, 2.45) is 4.99 Å². The molecule has 6 rings (SSSR count). The zero-order chi connectivity index (χ0) is 38.2. The molecule has 0 amide bonds. The Morgan fingerprint density at radius 3 is 1.83 bits per heavy atom. The Morgan fingerprint density at radius 1 is 0.698 bits per heavy atom. The van der Waals surface area contributed by atoms with Gasteiger partial charge in [-0.1, -0.05) is 77.4 Å². The van der Waals surface area contributed by atoms with E-state index in [1.54, 1.807) is 36.4 Å². The van der Waals surface area contributed by atoms with E-state index in [4.69, 9.17) is 14.4 Å². The average molecular weight is 727 g/mol. The quantitative estimate of drug-likeness (QED) is 0.106. The van der Waals surface area contributed by atoms with Crippen LogP contribution in [0, 0.1) is 34.6 Å². The predicted molar refractivity (Wildman–Crippen MR) is 200 cm³/mol. The van der Waals surface area contributed by atoms with Gasteiger partial charge in [-0.25, -0.2) is 4.99 Å². The molecule has 4 nitrogen and oxygen atoms in total. The Hall–Kier alpha value is -5.29. The number of aromatic nitrogens is 1. The van der Waals surface area contributed by atoms with E-state index in [2.05, 4.69) is 0 Å². The lowest BCUT2D eigenvalue weighted by atomic mass is 9.94. The third kappa shape index (κ3) is 7.76. The first-order valence-corrected chi connectivity index (χ1v) is 16.9. The molecule has 0 bridgehead atoms. The SMILES string of the molecule is COc1ccc(-c2cc(-c3ccc(C)cc3C)c(/C=C3\N=C(c4ccc(C)cc4)C=C3c3ccc(C)cc3C)n2B(F)OCC(F)(F)C(F)(F)F)cc1. The van der Waals surface area contributed by atoms with Gasteiger partial charge in [0.1, 0.15) is 12.4 Å². The van der Waals surface area contributed by atoms with Crippen LogP contribution in [-0.4, -0.2) is 43.3 Å². The molecule has 2 heterocycles. The smallest absolute Gasteiger partial charge is 0.497 e. The number of hydrogen-bond donors (Lipinski definition) is 0. The highest BCUT2D eigenvalue weighted by Gasteiger charge is 2.58. The predicted octanol–water partition coefficient (Wildman–Crippen LogP) is 11.3. The van der Waals surface area contributed by atoms with E-state index in [1.807, 2.05) is 101 Å². The summed E-state index contributed by atoms with van der Waals surface area (Å²) < 4.78 is 95.7. The second-order valence-electron chi connectivity index (χ2n) is 13.3. The highest BCUT2D eigenvalue weighted by molar-refractivity contribution is 6.43. The molecular formula is C42H37BF6N2O2. The molecule has 0 unspecified atom stereocenters. The summed E-state index contributed by atoms with van der Waals surface area (Å²) in [6, 6.07) is 27.8. The molecule has 272 valence electrons. The lowest BCUT2D eigenvalue weighted by Crippen LogP contribution is -2.43. The molecule has 0 aliphatic carbocycles. The molecule has 0 fully saturated rings. The zero-order valence-corrected chi connectivity index (χ0v) is 30.1. The van der Waals surface area contributed by atoms with Crippen molar-refractivity contribution in [3.63, 3.8) is 0 Å². The first-order valence-electron chi connectivity index (χ1n) is 16.9. The number of aliphatic imine (C=N–C) groups is 1. The molecule has 0 atom stereocenters. The topological polar surface area (TPSA) is 35.8 Å². The number of benzene rings is 4. The number of hydrogen-bond acceptors (Lipinski definition) is 3. The molecule has 4 aromatic carbocycles. The number of alkyl halides is 5. The Morgan fingerprint density at radius 2 is 1.26 bits per heavy atom. The number of aryl methyl sites for hydroxylation is 5. The van der Waals surface area contributed by atoms with Crippen molar-refractivity contribution in [3.8, 4) is 28.1 Å². The van der Waals surface area contributed by atoms with Gasteiger partial charge in [0, 0.05) is 28.1 Å². The molecule has 0 spiro atoms. The monoisotopic (exact) mass is 726 g/mol. The molecule has 53 heavy (non-hydrogen) atoms. The number of nitrogens with zero attached hydrogens (tertiary/aromatic N) is 2. The number of rotatable bonds is 10. The maximum absolute atomic E-state index is 16.6. The zero-order valence-electron chi connectivity index (χ0n) is 30.1. The van der Waals surface area contributed by atoms with E-state index in [9.17, 15) is 22.0 Å². The first-order chi connectivity index (χ1) is 25.1. The van der Waals surface area contributed by atoms with Crippen molar-refractivity contribution < 1.29 is 35.7 Å². The van der Waals surface area contributed by atoms with E-state index in [0.29, 0.717) is 33.8 Å². The fourth-order valence-corrected chi connectivity index (χ4v) is 6.43. The molecule has 1 aliphatic rings.